The lowest BCUT2D eigenvalue weighted by Gasteiger charge is -2.18. The van der Waals surface area contributed by atoms with Crippen LogP contribution in [0.3, 0.4) is 0 Å². The van der Waals surface area contributed by atoms with Crippen molar-refractivity contribution in [2.24, 2.45) is 0 Å². The molecule has 2 N–H and O–H groups in total. The lowest BCUT2D eigenvalue weighted by atomic mass is 10.4. The number of hydrogen-bond acceptors (Lipinski definition) is 3. The summed E-state index contributed by atoms with van der Waals surface area (Å²) in [5.74, 6) is 0.0854. The highest BCUT2D eigenvalue weighted by Crippen LogP contribution is 1.87. The van der Waals surface area contributed by atoms with Crippen LogP contribution >= 0.6 is 0 Å². The zero-order valence-electron chi connectivity index (χ0n) is 9.13. The van der Waals surface area contributed by atoms with Crippen molar-refractivity contribution in [1.82, 2.24) is 10.2 Å². The Kier molecular flexibility index (Phi) is 6.45. The highest BCUT2D eigenvalue weighted by Gasteiger charge is 2.06. The highest BCUT2D eigenvalue weighted by molar-refractivity contribution is 5.89. The van der Waals surface area contributed by atoms with Crippen molar-refractivity contribution in [1.29, 1.82) is 5.41 Å². The fourth-order valence-corrected chi connectivity index (χ4v) is 1.02. The molecule has 0 aromatic heterocycles. The SMILES string of the molecule is CCN(CC)C(=O)CN/C=C\C(C)=N. The normalized spacial score (nSPS) is 10.2. The molecule has 0 aliphatic carbocycles. The monoisotopic (exact) mass is 197 g/mol. The highest BCUT2D eigenvalue weighted by atomic mass is 16.2. The lowest BCUT2D eigenvalue weighted by molar-refractivity contribution is -0.129. The van der Waals surface area contributed by atoms with E-state index in [1.54, 1.807) is 24.1 Å². The van der Waals surface area contributed by atoms with Gasteiger partial charge in [-0.3, -0.25) is 4.79 Å². The van der Waals surface area contributed by atoms with Crippen LogP contribution < -0.4 is 5.32 Å². The first kappa shape index (κ1) is 12.7. The third kappa shape index (κ3) is 5.35. The van der Waals surface area contributed by atoms with E-state index >= 15 is 0 Å². The summed E-state index contributed by atoms with van der Waals surface area (Å²) in [5, 5.41) is 9.97. The van der Waals surface area contributed by atoms with Crippen molar-refractivity contribution >= 4 is 11.6 Å². The molecule has 0 saturated carbocycles. The van der Waals surface area contributed by atoms with Gasteiger partial charge in [0.1, 0.15) is 0 Å². The Morgan fingerprint density at radius 2 is 2.00 bits per heavy atom. The van der Waals surface area contributed by atoms with E-state index in [0.29, 0.717) is 12.3 Å². The number of nitrogens with zero attached hydrogens (tertiary/aromatic N) is 1. The van der Waals surface area contributed by atoms with Crippen molar-refractivity contribution in [3.05, 3.63) is 12.3 Å². The van der Waals surface area contributed by atoms with Crippen molar-refractivity contribution < 1.29 is 4.79 Å². The summed E-state index contributed by atoms with van der Waals surface area (Å²) in [7, 11) is 0. The Balaban J connectivity index is 3.78. The van der Waals surface area contributed by atoms with Crippen LogP contribution in [0.1, 0.15) is 20.8 Å². The van der Waals surface area contributed by atoms with E-state index in [-0.39, 0.29) is 5.91 Å². The summed E-state index contributed by atoms with van der Waals surface area (Å²) < 4.78 is 0. The Morgan fingerprint density at radius 3 is 2.43 bits per heavy atom. The summed E-state index contributed by atoms with van der Waals surface area (Å²) in [6.45, 7) is 7.38. The summed E-state index contributed by atoms with van der Waals surface area (Å²) in [6.07, 6.45) is 3.25. The molecule has 0 spiro atoms. The Hall–Kier alpha value is -1.32. The van der Waals surface area contributed by atoms with Crippen LogP contribution in [-0.4, -0.2) is 36.2 Å². The van der Waals surface area contributed by atoms with E-state index in [1.165, 1.54) is 0 Å². The van der Waals surface area contributed by atoms with Gasteiger partial charge in [0.2, 0.25) is 5.91 Å². The average molecular weight is 197 g/mol. The largest absolute Gasteiger partial charge is 0.382 e. The van der Waals surface area contributed by atoms with E-state index in [1.807, 2.05) is 13.8 Å². The summed E-state index contributed by atoms with van der Waals surface area (Å²) in [4.78, 5) is 13.2. The average Bonchev–Trinajstić information content (AvgIpc) is 2.14. The van der Waals surface area contributed by atoms with Gasteiger partial charge in [0.25, 0.3) is 0 Å². The molecule has 0 bridgehead atoms. The van der Waals surface area contributed by atoms with E-state index in [2.05, 4.69) is 5.32 Å². The molecule has 0 fully saturated rings. The zero-order valence-corrected chi connectivity index (χ0v) is 9.13. The molecule has 0 atom stereocenters. The first-order valence-electron chi connectivity index (χ1n) is 4.84. The van der Waals surface area contributed by atoms with E-state index < -0.39 is 0 Å². The Morgan fingerprint density at radius 1 is 1.43 bits per heavy atom. The number of rotatable bonds is 6. The van der Waals surface area contributed by atoms with E-state index in [0.717, 1.165) is 13.1 Å². The van der Waals surface area contributed by atoms with Crippen LogP contribution in [0.4, 0.5) is 0 Å². The summed E-state index contributed by atoms with van der Waals surface area (Å²) >= 11 is 0. The number of carbonyl (C=O) groups is 1. The molecule has 0 unspecified atom stereocenters. The molecular weight excluding hydrogens is 178 g/mol. The quantitative estimate of drug-likeness (QED) is 0.624. The van der Waals surface area contributed by atoms with Crippen molar-refractivity contribution in [2.75, 3.05) is 19.6 Å². The number of allylic oxidation sites excluding steroid dienone is 1. The summed E-state index contributed by atoms with van der Waals surface area (Å²) in [6, 6.07) is 0. The molecule has 1 amide bonds. The Bertz CT molecular complexity index is 219. The molecule has 0 radical (unpaired) electrons. The van der Waals surface area contributed by atoms with E-state index in [4.69, 9.17) is 5.41 Å². The van der Waals surface area contributed by atoms with Gasteiger partial charge in [0, 0.05) is 18.8 Å². The molecule has 0 aromatic rings. The molecule has 80 valence electrons. The smallest absolute Gasteiger partial charge is 0.241 e. The standard InChI is InChI=1S/C10H19N3O/c1-4-13(5-2)10(14)8-12-7-6-9(3)11/h6-7,11-12H,4-5,8H2,1-3H3/b7-6-,11-9?. The molecule has 14 heavy (non-hydrogen) atoms. The van der Waals surface area contributed by atoms with Crippen molar-refractivity contribution in [3.8, 4) is 0 Å². The fourth-order valence-electron chi connectivity index (χ4n) is 1.02. The maximum atomic E-state index is 11.4. The van der Waals surface area contributed by atoms with Gasteiger partial charge in [-0.15, -0.1) is 0 Å². The lowest BCUT2D eigenvalue weighted by Crippen LogP contribution is -2.36. The zero-order chi connectivity index (χ0) is 11.0. The van der Waals surface area contributed by atoms with Crippen LogP contribution in [0.5, 0.6) is 0 Å². The molecule has 0 heterocycles. The van der Waals surface area contributed by atoms with Crippen LogP contribution in [0.2, 0.25) is 0 Å². The van der Waals surface area contributed by atoms with Crippen LogP contribution in [0.25, 0.3) is 0 Å². The van der Waals surface area contributed by atoms with Crippen LogP contribution in [0.15, 0.2) is 12.3 Å². The van der Waals surface area contributed by atoms with Gasteiger partial charge in [-0.25, -0.2) is 0 Å². The van der Waals surface area contributed by atoms with Crippen molar-refractivity contribution in [3.63, 3.8) is 0 Å². The minimum atomic E-state index is 0.0854. The topological polar surface area (TPSA) is 56.2 Å². The number of carbonyl (C=O) groups excluding carboxylic acids is 1. The van der Waals surface area contributed by atoms with Crippen LogP contribution in [-0.2, 0) is 4.79 Å². The predicted octanol–water partition coefficient (Wildman–Crippen LogP) is 0.998. The molecule has 0 saturated heterocycles. The molecule has 0 aliphatic heterocycles. The van der Waals surface area contributed by atoms with E-state index in [9.17, 15) is 4.79 Å². The summed E-state index contributed by atoms with van der Waals surface area (Å²) in [5.41, 5.74) is 0.466. The second-order valence-electron chi connectivity index (χ2n) is 2.96. The first-order valence-corrected chi connectivity index (χ1v) is 4.84. The second-order valence-corrected chi connectivity index (χ2v) is 2.96. The van der Waals surface area contributed by atoms with Gasteiger partial charge in [0.05, 0.1) is 6.54 Å². The maximum Gasteiger partial charge on any atom is 0.241 e. The molecule has 4 heteroatoms. The first-order chi connectivity index (χ1) is 6.61. The third-order valence-electron chi connectivity index (χ3n) is 1.82. The Labute approximate surface area is 85.5 Å². The fraction of sp³-hybridized carbons (Fsp3) is 0.600. The maximum absolute atomic E-state index is 11.4. The van der Waals surface area contributed by atoms with Gasteiger partial charge in [-0.1, -0.05) is 0 Å². The van der Waals surface area contributed by atoms with Crippen molar-refractivity contribution in [2.45, 2.75) is 20.8 Å². The van der Waals surface area contributed by atoms with Gasteiger partial charge >= 0.3 is 0 Å². The van der Waals surface area contributed by atoms with Gasteiger partial charge < -0.3 is 15.6 Å². The molecule has 0 rings (SSSR count). The van der Waals surface area contributed by atoms with Crippen LogP contribution in [0, 0.1) is 5.41 Å². The minimum absolute atomic E-state index is 0.0854. The third-order valence-corrected chi connectivity index (χ3v) is 1.82. The molecule has 4 nitrogen and oxygen atoms in total. The van der Waals surface area contributed by atoms with Gasteiger partial charge in [-0.2, -0.15) is 0 Å². The number of nitrogens with one attached hydrogen (secondary N) is 2. The molecule has 0 aliphatic rings. The molecule has 0 aromatic carbocycles. The minimum Gasteiger partial charge on any atom is -0.382 e. The van der Waals surface area contributed by atoms with Gasteiger partial charge in [0.15, 0.2) is 0 Å². The predicted molar refractivity (Wildman–Crippen MR) is 58.5 cm³/mol. The second kappa shape index (κ2) is 7.12. The number of likely N-dealkylation sites (N-methyl/N-ethyl adjacent to an activating group) is 1. The number of hydrogen-bond donors (Lipinski definition) is 2. The van der Waals surface area contributed by atoms with Gasteiger partial charge in [-0.05, 0) is 33.0 Å². The number of amides is 1. The molecular formula is C10H19N3O.